The summed E-state index contributed by atoms with van der Waals surface area (Å²) in [5, 5.41) is 10.5. The molecule has 0 amide bonds. The van der Waals surface area contributed by atoms with Gasteiger partial charge in [-0.3, -0.25) is 0 Å². The van der Waals surface area contributed by atoms with Crippen molar-refractivity contribution in [1.29, 1.82) is 0 Å². The lowest BCUT2D eigenvalue weighted by molar-refractivity contribution is 0.233. The average molecular weight is 893 g/mol. The molecule has 2 aromatic carbocycles. The highest BCUT2D eigenvalue weighted by Gasteiger charge is 2.24. The molecule has 1 N–H and O–H groups in total. The minimum absolute atomic E-state index is 0.193. The van der Waals surface area contributed by atoms with Crippen LogP contribution >= 0.6 is 0 Å². The molecule has 0 saturated carbocycles. The normalized spacial score (nSPS) is 12.4. The van der Waals surface area contributed by atoms with Crippen LogP contribution in [0.5, 0.6) is 0 Å². The van der Waals surface area contributed by atoms with Gasteiger partial charge in [-0.15, -0.1) is 0 Å². The van der Waals surface area contributed by atoms with Gasteiger partial charge in [0.05, 0.1) is 4.90 Å². The second-order valence-corrected chi connectivity index (χ2v) is 21.4. The Labute approximate surface area is 392 Å². The number of aliphatic hydroxyl groups excluding tert-OH is 1. The molecular formula is C58H101NO3S. The second kappa shape index (κ2) is 40.2. The molecule has 362 valence electrons. The first-order chi connectivity index (χ1) is 30.9. The lowest BCUT2D eigenvalue weighted by atomic mass is 10.0. The van der Waals surface area contributed by atoms with Gasteiger partial charge in [-0.05, 0) is 61.1 Å². The van der Waals surface area contributed by atoms with Gasteiger partial charge in [0.2, 0.25) is 9.84 Å². The number of rotatable bonds is 45. The Kier molecular flexibility index (Phi) is 36.4. The highest BCUT2D eigenvalue weighted by atomic mass is 32.2. The van der Waals surface area contributed by atoms with E-state index < -0.39 is 15.3 Å². The minimum Gasteiger partial charge on any atom is -0.377 e. The highest BCUT2D eigenvalue weighted by Crippen LogP contribution is 2.23. The Hall–Kier alpha value is -2.11. The highest BCUT2D eigenvalue weighted by molar-refractivity contribution is 7.91. The fourth-order valence-electron chi connectivity index (χ4n) is 9.06. The molecule has 0 fully saturated rings. The topological polar surface area (TPSA) is 57.6 Å². The van der Waals surface area contributed by atoms with E-state index in [-0.39, 0.29) is 4.90 Å². The van der Waals surface area contributed by atoms with Crippen molar-refractivity contribution in [1.82, 2.24) is 0 Å². The van der Waals surface area contributed by atoms with E-state index in [1.165, 1.54) is 211 Å². The predicted octanol–water partition coefficient (Wildman–Crippen LogP) is 18.6. The summed E-state index contributed by atoms with van der Waals surface area (Å²) in [4.78, 5) is 2.83. The molecule has 0 aliphatic carbocycles. The number of nitrogens with zero attached hydrogens (tertiary/aromatic N) is 1. The number of aliphatic hydroxyl groups is 1. The Balaban J connectivity index is 1.78. The van der Waals surface area contributed by atoms with Crippen LogP contribution in [0.3, 0.4) is 0 Å². The smallest absolute Gasteiger partial charge is 0.204 e. The third kappa shape index (κ3) is 29.9. The quantitative estimate of drug-likeness (QED) is 0.0532. The molecule has 1 unspecified atom stereocenters. The van der Waals surface area contributed by atoms with Gasteiger partial charge < -0.3 is 10.0 Å². The molecule has 0 radical (unpaired) electrons. The van der Waals surface area contributed by atoms with Crippen molar-refractivity contribution < 1.29 is 13.5 Å². The standard InChI is InChI=1S/C58H101NO3S/c1-4-7-10-13-15-17-19-21-23-25-27-29-31-33-36-39-52-59(53-40-37-34-32-30-28-26-24-22-20-18-16-14-11-8-5-2)56-48-44-54(45-49-56)42-43-55-46-50-57(51-47-55)63(61,62)58(60)41-38-35-12-9-6-3/h42-51,58,60H,4-41,52-53H2,1-3H3. The SMILES string of the molecule is CCCCCCCCCCCCCCCCCCN(CCCCCCCCCCCCCCCCCC)c1ccc(C=Cc2ccc(S(=O)(=O)C(O)CCCCCCC)cc2)cc1. The van der Waals surface area contributed by atoms with Gasteiger partial charge in [-0.25, -0.2) is 8.42 Å². The van der Waals surface area contributed by atoms with Crippen molar-refractivity contribution in [3.05, 3.63) is 59.7 Å². The largest absolute Gasteiger partial charge is 0.377 e. The van der Waals surface area contributed by atoms with E-state index in [1.807, 2.05) is 18.2 Å². The van der Waals surface area contributed by atoms with E-state index in [2.05, 4.69) is 56.0 Å². The molecule has 2 rings (SSSR count). The molecular weight excluding hydrogens is 791 g/mol. The van der Waals surface area contributed by atoms with Crippen LogP contribution in [0.2, 0.25) is 0 Å². The zero-order valence-electron chi connectivity index (χ0n) is 41.8. The third-order valence-electron chi connectivity index (χ3n) is 13.4. The number of hydrogen-bond donors (Lipinski definition) is 1. The monoisotopic (exact) mass is 892 g/mol. The van der Waals surface area contributed by atoms with Crippen LogP contribution in [0, 0.1) is 0 Å². The van der Waals surface area contributed by atoms with Gasteiger partial charge >= 0.3 is 0 Å². The van der Waals surface area contributed by atoms with Crippen molar-refractivity contribution in [3.8, 4) is 0 Å². The number of anilines is 1. The molecule has 0 spiro atoms. The van der Waals surface area contributed by atoms with E-state index in [0.29, 0.717) is 6.42 Å². The van der Waals surface area contributed by atoms with Crippen molar-refractivity contribution in [2.75, 3.05) is 18.0 Å². The molecule has 0 saturated heterocycles. The maximum Gasteiger partial charge on any atom is 0.204 e. The van der Waals surface area contributed by atoms with Crippen LogP contribution < -0.4 is 4.90 Å². The summed E-state index contributed by atoms with van der Waals surface area (Å²) >= 11 is 0. The van der Waals surface area contributed by atoms with Crippen LogP contribution in [0.25, 0.3) is 12.2 Å². The van der Waals surface area contributed by atoms with E-state index in [9.17, 15) is 13.5 Å². The van der Waals surface area contributed by atoms with Crippen LogP contribution in [-0.4, -0.2) is 32.0 Å². The molecule has 2 aromatic rings. The maximum atomic E-state index is 13.0. The Morgan fingerprint density at radius 3 is 0.984 bits per heavy atom. The van der Waals surface area contributed by atoms with E-state index >= 15 is 0 Å². The van der Waals surface area contributed by atoms with Gasteiger partial charge in [-0.1, -0.05) is 275 Å². The van der Waals surface area contributed by atoms with Crippen LogP contribution in [0.15, 0.2) is 53.4 Å². The Morgan fingerprint density at radius 1 is 0.397 bits per heavy atom. The number of hydrogen-bond acceptors (Lipinski definition) is 4. The zero-order valence-corrected chi connectivity index (χ0v) is 42.6. The summed E-state index contributed by atoms with van der Waals surface area (Å²) in [6.07, 6.45) is 54.4. The number of unbranched alkanes of at least 4 members (excludes halogenated alkanes) is 34. The van der Waals surface area contributed by atoms with Gasteiger partial charge in [0.1, 0.15) is 0 Å². The molecule has 4 nitrogen and oxygen atoms in total. The summed E-state index contributed by atoms with van der Waals surface area (Å²) in [6.45, 7) is 9.03. The molecule has 1 atom stereocenters. The summed E-state index contributed by atoms with van der Waals surface area (Å²) in [5.74, 6) is 0. The van der Waals surface area contributed by atoms with Crippen molar-refractivity contribution in [2.24, 2.45) is 0 Å². The van der Waals surface area contributed by atoms with E-state index in [0.717, 1.165) is 56.3 Å². The molecule has 63 heavy (non-hydrogen) atoms. The van der Waals surface area contributed by atoms with Gasteiger partial charge in [-0.2, -0.15) is 0 Å². The summed E-state index contributed by atoms with van der Waals surface area (Å²) in [7, 11) is -3.75. The summed E-state index contributed by atoms with van der Waals surface area (Å²) < 4.78 is 25.9. The lowest BCUT2D eigenvalue weighted by Crippen LogP contribution is -2.25. The summed E-state index contributed by atoms with van der Waals surface area (Å²) in [6, 6.07) is 16.0. The van der Waals surface area contributed by atoms with Crippen molar-refractivity contribution in [3.63, 3.8) is 0 Å². The fraction of sp³-hybridized carbons (Fsp3) is 0.759. The molecule has 0 aromatic heterocycles. The number of sulfone groups is 1. The molecule has 0 bridgehead atoms. The zero-order chi connectivity index (χ0) is 45.3. The fourth-order valence-corrected chi connectivity index (χ4v) is 10.4. The van der Waals surface area contributed by atoms with Crippen LogP contribution in [0.1, 0.15) is 276 Å². The van der Waals surface area contributed by atoms with E-state index in [1.54, 1.807) is 12.1 Å². The molecule has 0 aliphatic heterocycles. The Morgan fingerprint density at radius 2 is 0.667 bits per heavy atom. The molecule has 0 heterocycles. The summed E-state index contributed by atoms with van der Waals surface area (Å²) in [5.41, 5.74) is 2.07. The average Bonchev–Trinajstić information content (AvgIpc) is 3.30. The predicted molar refractivity (Wildman–Crippen MR) is 280 cm³/mol. The van der Waals surface area contributed by atoms with Crippen molar-refractivity contribution >= 4 is 27.7 Å². The molecule has 0 aliphatic rings. The first kappa shape index (κ1) is 57.0. The first-order valence-electron chi connectivity index (χ1n) is 27.5. The Bertz CT molecular complexity index is 1380. The first-order valence-corrected chi connectivity index (χ1v) is 29.0. The lowest BCUT2D eigenvalue weighted by Gasteiger charge is -2.25. The van der Waals surface area contributed by atoms with Gasteiger partial charge in [0.15, 0.2) is 5.44 Å². The third-order valence-corrected chi connectivity index (χ3v) is 15.3. The maximum absolute atomic E-state index is 13.0. The van der Waals surface area contributed by atoms with Crippen molar-refractivity contribution in [2.45, 2.75) is 275 Å². The van der Waals surface area contributed by atoms with Crippen LogP contribution in [-0.2, 0) is 9.84 Å². The minimum atomic E-state index is -3.75. The number of benzene rings is 2. The van der Waals surface area contributed by atoms with Gasteiger partial charge in [0.25, 0.3) is 0 Å². The van der Waals surface area contributed by atoms with Crippen LogP contribution in [0.4, 0.5) is 5.69 Å². The van der Waals surface area contributed by atoms with Gasteiger partial charge in [0, 0.05) is 18.8 Å². The van der Waals surface area contributed by atoms with E-state index in [4.69, 9.17) is 0 Å². The molecule has 5 heteroatoms. The second-order valence-electron chi connectivity index (χ2n) is 19.3.